The molecule has 0 amide bonds. The van der Waals surface area contributed by atoms with Gasteiger partial charge in [0, 0.05) is 5.56 Å². The molecule has 0 saturated carbocycles. The maximum absolute atomic E-state index is 11.1. The number of aryl methyl sites for hydroxylation is 1. The summed E-state index contributed by atoms with van der Waals surface area (Å²) in [5.41, 5.74) is 3.52. The Balaban J connectivity index is 2.19. The molecule has 0 aliphatic carbocycles. The van der Waals surface area contributed by atoms with E-state index >= 15 is 0 Å². The van der Waals surface area contributed by atoms with Crippen molar-refractivity contribution in [3.63, 3.8) is 0 Å². The molecule has 33 heavy (non-hydrogen) atoms. The van der Waals surface area contributed by atoms with Crippen molar-refractivity contribution in [3.05, 3.63) is 28.8 Å². The Hall–Kier alpha value is -0.980. The van der Waals surface area contributed by atoms with Crippen LogP contribution < -0.4 is 0 Å². The highest BCUT2D eigenvalue weighted by molar-refractivity contribution is 5.51. The lowest BCUT2D eigenvalue weighted by atomic mass is 9.76. The standard InChI is InChI=1S/C32H58O/c1-8-9-10-11-12-13-14-15-16-17-18-19-20-21-22-23-24-27-25-26-28(31(2,3)4)30(33)29(27)32(5,6)7/h25-26,33H,8-24H2,1-7H3. The van der Waals surface area contributed by atoms with E-state index in [1.165, 1.54) is 108 Å². The minimum Gasteiger partial charge on any atom is -0.507 e. The van der Waals surface area contributed by atoms with Crippen LogP contribution in [0.15, 0.2) is 12.1 Å². The monoisotopic (exact) mass is 458 g/mol. The van der Waals surface area contributed by atoms with Crippen LogP contribution >= 0.6 is 0 Å². The molecule has 1 aromatic carbocycles. The Morgan fingerprint density at radius 2 is 0.939 bits per heavy atom. The molecule has 1 heteroatoms. The quantitative estimate of drug-likeness (QED) is 0.230. The van der Waals surface area contributed by atoms with E-state index in [4.69, 9.17) is 0 Å². The molecule has 0 heterocycles. The molecule has 0 atom stereocenters. The van der Waals surface area contributed by atoms with E-state index in [2.05, 4.69) is 60.6 Å². The van der Waals surface area contributed by atoms with E-state index < -0.39 is 0 Å². The Morgan fingerprint density at radius 1 is 0.545 bits per heavy atom. The fourth-order valence-electron chi connectivity index (χ4n) is 5.15. The summed E-state index contributed by atoms with van der Waals surface area (Å²) in [4.78, 5) is 0. The normalized spacial score (nSPS) is 12.5. The molecule has 1 nitrogen and oxygen atoms in total. The van der Waals surface area contributed by atoms with Crippen molar-refractivity contribution in [2.75, 3.05) is 0 Å². The van der Waals surface area contributed by atoms with Gasteiger partial charge < -0.3 is 5.11 Å². The third kappa shape index (κ3) is 12.3. The van der Waals surface area contributed by atoms with E-state index in [-0.39, 0.29) is 10.8 Å². The van der Waals surface area contributed by atoms with Crippen LogP contribution in [0.2, 0.25) is 0 Å². The molecular weight excluding hydrogens is 400 g/mol. The van der Waals surface area contributed by atoms with Gasteiger partial charge >= 0.3 is 0 Å². The van der Waals surface area contributed by atoms with Crippen molar-refractivity contribution in [1.29, 1.82) is 0 Å². The summed E-state index contributed by atoms with van der Waals surface area (Å²) in [5, 5.41) is 11.1. The van der Waals surface area contributed by atoms with E-state index in [0.29, 0.717) is 5.75 Å². The van der Waals surface area contributed by atoms with Gasteiger partial charge in [0.1, 0.15) is 5.75 Å². The van der Waals surface area contributed by atoms with Gasteiger partial charge in [-0.2, -0.15) is 0 Å². The summed E-state index contributed by atoms with van der Waals surface area (Å²) >= 11 is 0. The summed E-state index contributed by atoms with van der Waals surface area (Å²) in [5.74, 6) is 0.531. The van der Waals surface area contributed by atoms with Crippen LogP contribution in [-0.2, 0) is 17.3 Å². The third-order valence-corrected chi connectivity index (χ3v) is 7.12. The van der Waals surface area contributed by atoms with Gasteiger partial charge in [-0.1, -0.05) is 157 Å². The highest BCUT2D eigenvalue weighted by Crippen LogP contribution is 2.41. The van der Waals surface area contributed by atoms with Gasteiger partial charge in [-0.15, -0.1) is 0 Å². The molecule has 0 unspecified atom stereocenters. The highest BCUT2D eigenvalue weighted by Gasteiger charge is 2.27. The summed E-state index contributed by atoms with van der Waals surface area (Å²) in [6, 6.07) is 4.44. The molecule has 0 fully saturated rings. The molecule has 1 aromatic rings. The predicted molar refractivity (Wildman–Crippen MR) is 149 cm³/mol. The number of phenolic OH excluding ortho intramolecular Hbond substituents is 1. The van der Waals surface area contributed by atoms with Gasteiger partial charge in [-0.25, -0.2) is 0 Å². The third-order valence-electron chi connectivity index (χ3n) is 7.12. The van der Waals surface area contributed by atoms with Crippen molar-refractivity contribution < 1.29 is 5.11 Å². The average molecular weight is 459 g/mol. The zero-order valence-electron chi connectivity index (χ0n) is 23.6. The lowest BCUT2D eigenvalue weighted by Gasteiger charge is -2.29. The molecule has 0 bridgehead atoms. The van der Waals surface area contributed by atoms with Crippen molar-refractivity contribution in [3.8, 4) is 5.75 Å². The molecule has 0 radical (unpaired) electrons. The van der Waals surface area contributed by atoms with Crippen LogP contribution in [0.3, 0.4) is 0 Å². The van der Waals surface area contributed by atoms with Crippen molar-refractivity contribution in [2.24, 2.45) is 0 Å². The largest absolute Gasteiger partial charge is 0.507 e. The van der Waals surface area contributed by atoms with Gasteiger partial charge in [-0.3, -0.25) is 0 Å². The van der Waals surface area contributed by atoms with Gasteiger partial charge in [0.05, 0.1) is 0 Å². The highest BCUT2D eigenvalue weighted by atomic mass is 16.3. The second kappa shape index (κ2) is 15.8. The first-order valence-corrected chi connectivity index (χ1v) is 14.4. The maximum atomic E-state index is 11.1. The fraction of sp³-hybridized carbons (Fsp3) is 0.812. The topological polar surface area (TPSA) is 20.2 Å². The second-order valence-corrected chi connectivity index (χ2v) is 12.5. The Kier molecular flexibility index (Phi) is 14.4. The molecule has 0 aromatic heterocycles. The number of aromatic hydroxyl groups is 1. The van der Waals surface area contributed by atoms with Crippen LogP contribution in [-0.4, -0.2) is 5.11 Å². The first-order valence-electron chi connectivity index (χ1n) is 14.4. The molecule has 0 spiro atoms. The van der Waals surface area contributed by atoms with Gasteiger partial charge in [-0.05, 0) is 34.8 Å². The number of unbranched alkanes of at least 4 members (excludes halogenated alkanes) is 15. The first kappa shape index (κ1) is 30.1. The smallest absolute Gasteiger partial charge is 0.123 e. The van der Waals surface area contributed by atoms with Gasteiger partial charge in [0.2, 0.25) is 0 Å². The van der Waals surface area contributed by atoms with Gasteiger partial charge in [0.25, 0.3) is 0 Å². The van der Waals surface area contributed by atoms with E-state index in [1.54, 1.807) is 0 Å². The van der Waals surface area contributed by atoms with Crippen LogP contribution in [0, 0.1) is 0 Å². The number of hydrogen-bond acceptors (Lipinski definition) is 1. The Morgan fingerprint density at radius 3 is 1.30 bits per heavy atom. The number of hydrogen-bond donors (Lipinski definition) is 1. The predicted octanol–water partition coefficient (Wildman–Crippen LogP) is 10.8. The lowest BCUT2D eigenvalue weighted by Crippen LogP contribution is -2.19. The maximum Gasteiger partial charge on any atom is 0.123 e. The SMILES string of the molecule is CCCCCCCCCCCCCCCCCCc1ccc(C(C)(C)C)c(O)c1C(C)(C)C. The average Bonchev–Trinajstić information content (AvgIpc) is 2.71. The zero-order chi connectivity index (χ0) is 24.7. The number of phenols is 1. The van der Waals surface area contributed by atoms with Crippen molar-refractivity contribution >= 4 is 0 Å². The molecule has 0 aliphatic heterocycles. The second-order valence-electron chi connectivity index (χ2n) is 12.5. The molecule has 1 N–H and O–H groups in total. The van der Waals surface area contributed by atoms with E-state index in [1.807, 2.05) is 0 Å². The number of rotatable bonds is 17. The summed E-state index contributed by atoms with van der Waals surface area (Å²) in [6.45, 7) is 15.5. The van der Waals surface area contributed by atoms with E-state index in [0.717, 1.165) is 17.5 Å². The van der Waals surface area contributed by atoms with Gasteiger partial charge in [0.15, 0.2) is 0 Å². The van der Waals surface area contributed by atoms with Crippen LogP contribution in [0.1, 0.15) is 168 Å². The first-order chi connectivity index (χ1) is 15.6. The van der Waals surface area contributed by atoms with Crippen LogP contribution in [0.4, 0.5) is 0 Å². The lowest BCUT2D eigenvalue weighted by molar-refractivity contribution is 0.420. The minimum absolute atomic E-state index is 0.0309. The van der Waals surface area contributed by atoms with Crippen LogP contribution in [0.25, 0.3) is 0 Å². The van der Waals surface area contributed by atoms with E-state index in [9.17, 15) is 5.11 Å². The Bertz CT molecular complexity index is 629. The molecule has 1 rings (SSSR count). The summed E-state index contributed by atoms with van der Waals surface area (Å²) in [6.07, 6.45) is 23.6. The van der Waals surface area contributed by atoms with Crippen LogP contribution in [0.5, 0.6) is 5.75 Å². The van der Waals surface area contributed by atoms with Crippen molar-refractivity contribution in [1.82, 2.24) is 0 Å². The molecular formula is C32H58O. The molecule has 192 valence electrons. The summed E-state index contributed by atoms with van der Waals surface area (Å²) in [7, 11) is 0. The number of benzene rings is 1. The molecule has 0 aliphatic rings. The summed E-state index contributed by atoms with van der Waals surface area (Å²) < 4.78 is 0. The fourth-order valence-corrected chi connectivity index (χ4v) is 5.15. The minimum atomic E-state index is -0.0320. The van der Waals surface area contributed by atoms with Crippen molar-refractivity contribution in [2.45, 2.75) is 168 Å². The molecule has 0 saturated heterocycles. The zero-order valence-corrected chi connectivity index (χ0v) is 23.6. The Labute approximate surface area is 208 Å².